The molecule has 1 amide bonds. The van der Waals surface area contributed by atoms with Crippen LogP contribution >= 0.6 is 11.6 Å². The molecule has 0 aliphatic carbocycles. The second-order valence-corrected chi connectivity index (χ2v) is 9.56. The fourth-order valence-electron chi connectivity index (χ4n) is 3.91. The van der Waals surface area contributed by atoms with Gasteiger partial charge in [-0.15, -0.1) is 0 Å². The lowest BCUT2D eigenvalue weighted by molar-refractivity contribution is -0.111. The lowest BCUT2D eigenvalue weighted by Gasteiger charge is -2.16. The quantitative estimate of drug-likeness (QED) is 0.227. The fourth-order valence-corrected chi connectivity index (χ4v) is 4.15. The highest BCUT2D eigenvalue weighted by Gasteiger charge is 2.15. The molecule has 4 aromatic rings. The van der Waals surface area contributed by atoms with Crippen LogP contribution in [0.25, 0.3) is 10.9 Å². The largest absolute Gasteiger partial charge is 0.486 e. The number of nitrogens with zero attached hydrogens (tertiary/aromatic N) is 4. The van der Waals surface area contributed by atoms with Crippen LogP contribution < -0.4 is 15.4 Å². The number of ether oxygens (including phenoxy) is 2. The van der Waals surface area contributed by atoms with Crippen LogP contribution in [0.15, 0.2) is 73.1 Å². The number of methoxy groups -OCH3 is 1. The monoisotopic (exact) mass is 556 g/mol. The molecule has 0 unspecified atom stereocenters. The van der Waals surface area contributed by atoms with Gasteiger partial charge in [0, 0.05) is 54.4 Å². The van der Waals surface area contributed by atoms with Gasteiger partial charge in [-0.3, -0.25) is 14.8 Å². The van der Waals surface area contributed by atoms with Gasteiger partial charge in [0.15, 0.2) is 0 Å². The third kappa shape index (κ3) is 7.33. The van der Waals surface area contributed by atoms with Gasteiger partial charge in [-0.25, -0.2) is 0 Å². The number of hydrogen-bond donors (Lipinski definition) is 2. The van der Waals surface area contributed by atoms with Crippen molar-refractivity contribution >= 4 is 45.5 Å². The second-order valence-electron chi connectivity index (χ2n) is 9.15. The van der Waals surface area contributed by atoms with Crippen LogP contribution in [0.3, 0.4) is 0 Å². The SMILES string of the molecule is COCc1cc2ncc(C#N)c(Nc3ccc(OCc4ccccn4)c(Cl)c3)c2cc1NC(=O)/C=C/CN(C)C. The normalized spacial score (nSPS) is 11.1. The van der Waals surface area contributed by atoms with Crippen molar-refractivity contribution in [2.75, 3.05) is 38.4 Å². The number of nitriles is 1. The Labute approximate surface area is 238 Å². The molecule has 0 aliphatic rings. The molecule has 0 aliphatic heterocycles. The van der Waals surface area contributed by atoms with E-state index in [1.54, 1.807) is 37.6 Å². The van der Waals surface area contributed by atoms with Gasteiger partial charge < -0.3 is 25.0 Å². The van der Waals surface area contributed by atoms with Crippen LogP contribution in [0, 0.1) is 11.3 Å². The molecule has 0 atom stereocenters. The summed E-state index contributed by atoms with van der Waals surface area (Å²) in [7, 11) is 5.43. The van der Waals surface area contributed by atoms with Crippen LogP contribution in [0.2, 0.25) is 5.02 Å². The molecule has 10 heteroatoms. The lowest BCUT2D eigenvalue weighted by Crippen LogP contribution is -2.14. The highest BCUT2D eigenvalue weighted by molar-refractivity contribution is 6.32. The molecule has 0 radical (unpaired) electrons. The summed E-state index contributed by atoms with van der Waals surface area (Å²) in [5.74, 6) is 0.236. The van der Waals surface area contributed by atoms with Crippen molar-refractivity contribution in [2.24, 2.45) is 0 Å². The second kappa shape index (κ2) is 13.5. The van der Waals surface area contributed by atoms with E-state index in [2.05, 4.69) is 26.7 Å². The smallest absolute Gasteiger partial charge is 0.248 e. The predicted molar refractivity (Wildman–Crippen MR) is 157 cm³/mol. The number of benzene rings is 2. The number of carbonyl (C=O) groups is 1. The Morgan fingerprint density at radius 1 is 1.15 bits per heavy atom. The van der Waals surface area contributed by atoms with Crippen molar-refractivity contribution in [3.8, 4) is 11.8 Å². The van der Waals surface area contributed by atoms with E-state index in [0.29, 0.717) is 50.8 Å². The number of fused-ring (bicyclic) bond motifs is 1. The maximum Gasteiger partial charge on any atom is 0.248 e. The fraction of sp³-hybridized carbons (Fsp3) is 0.200. The molecule has 0 bridgehead atoms. The first-order valence-corrected chi connectivity index (χ1v) is 12.8. The summed E-state index contributed by atoms with van der Waals surface area (Å²) >= 11 is 6.52. The van der Waals surface area contributed by atoms with E-state index < -0.39 is 0 Å². The standard InChI is InChI=1S/C30H29ClN6O3/c1-37(2)12-6-8-29(38)36-26-15-24-27(13-20(26)18-39-3)34-17-21(16-32)30(24)35-22-9-10-28(25(31)14-22)40-19-23-7-4-5-11-33-23/h4-11,13-15,17H,12,18-19H2,1-3H3,(H,34,35)(H,36,38)/b8-6+. The minimum absolute atomic E-state index is 0.271. The first-order valence-electron chi connectivity index (χ1n) is 12.4. The Morgan fingerprint density at radius 3 is 2.70 bits per heavy atom. The van der Waals surface area contributed by atoms with Crippen molar-refractivity contribution < 1.29 is 14.3 Å². The average molecular weight is 557 g/mol. The molecular weight excluding hydrogens is 528 g/mol. The number of halogens is 1. The maximum atomic E-state index is 12.6. The number of nitrogens with one attached hydrogen (secondary N) is 2. The van der Waals surface area contributed by atoms with Crippen molar-refractivity contribution in [1.29, 1.82) is 5.26 Å². The van der Waals surface area contributed by atoms with Crippen LogP contribution in [-0.2, 0) is 22.7 Å². The predicted octanol–water partition coefficient (Wildman–Crippen LogP) is 5.68. The van der Waals surface area contributed by atoms with E-state index in [1.165, 1.54) is 12.3 Å². The minimum Gasteiger partial charge on any atom is -0.486 e. The Balaban J connectivity index is 1.64. The third-order valence-electron chi connectivity index (χ3n) is 5.81. The van der Waals surface area contributed by atoms with Crippen LogP contribution in [0.1, 0.15) is 16.8 Å². The van der Waals surface area contributed by atoms with Gasteiger partial charge in [-0.05, 0) is 56.6 Å². The number of carbonyl (C=O) groups excluding carboxylic acids is 1. The summed E-state index contributed by atoms with van der Waals surface area (Å²) in [5, 5.41) is 17.1. The first kappa shape index (κ1) is 28.5. The Bertz CT molecular complexity index is 1570. The van der Waals surface area contributed by atoms with Gasteiger partial charge in [0.25, 0.3) is 0 Å². The summed E-state index contributed by atoms with van der Waals surface area (Å²) in [4.78, 5) is 23.3. The van der Waals surface area contributed by atoms with Crippen LogP contribution in [0.5, 0.6) is 5.75 Å². The molecule has 0 fully saturated rings. The third-order valence-corrected chi connectivity index (χ3v) is 6.11. The van der Waals surface area contributed by atoms with Crippen LogP contribution in [0.4, 0.5) is 17.1 Å². The van der Waals surface area contributed by atoms with Crippen molar-refractivity contribution in [3.05, 3.63) is 94.9 Å². The molecule has 204 valence electrons. The molecule has 2 N–H and O–H groups in total. The number of aromatic nitrogens is 2. The zero-order chi connectivity index (χ0) is 28.5. The average Bonchev–Trinajstić information content (AvgIpc) is 2.94. The molecule has 40 heavy (non-hydrogen) atoms. The van der Waals surface area contributed by atoms with Gasteiger partial charge >= 0.3 is 0 Å². The Kier molecular flexibility index (Phi) is 9.65. The molecule has 4 rings (SSSR count). The molecular formula is C30H29ClN6O3. The highest BCUT2D eigenvalue weighted by Crippen LogP contribution is 2.35. The lowest BCUT2D eigenvalue weighted by atomic mass is 10.0. The summed E-state index contributed by atoms with van der Waals surface area (Å²) in [5.41, 5.74) is 4.25. The molecule has 2 aromatic heterocycles. The van der Waals surface area contributed by atoms with E-state index in [9.17, 15) is 10.1 Å². The Hall–Kier alpha value is -4.49. The van der Waals surface area contributed by atoms with E-state index in [4.69, 9.17) is 21.1 Å². The zero-order valence-electron chi connectivity index (χ0n) is 22.4. The van der Waals surface area contributed by atoms with Crippen molar-refractivity contribution in [1.82, 2.24) is 14.9 Å². The van der Waals surface area contributed by atoms with E-state index in [0.717, 1.165) is 11.3 Å². The number of pyridine rings is 2. The molecule has 0 saturated heterocycles. The zero-order valence-corrected chi connectivity index (χ0v) is 23.2. The number of hydrogen-bond acceptors (Lipinski definition) is 8. The molecule has 0 spiro atoms. The summed E-state index contributed by atoms with van der Waals surface area (Å²) in [6.45, 7) is 1.19. The Morgan fingerprint density at radius 2 is 2.00 bits per heavy atom. The van der Waals surface area contributed by atoms with Gasteiger partial charge in [0.1, 0.15) is 18.4 Å². The highest BCUT2D eigenvalue weighted by atomic mass is 35.5. The van der Waals surface area contributed by atoms with Gasteiger partial charge in [0.05, 0.1) is 34.1 Å². The van der Waals surface area contributed by atoms with Crippen molar-refractivity contribution in [3.63, 3.8) is 0 Å². The number of rotatable bonds is 11. The molecule has 2 heterocycles. The molecule has 9 nitrogen and oxygen atoms in total. The van der Waals surface area contributed by atoms with E-state index in [1.807, 2.05) is 49.3 Å². The van der Waals surface area contributed by atoms with Gasteiger partial charge in [-0.1, -0.05) is 23.7 Å². The maximum absolute atomic E-state index is 12.6. The van der Waals surface area contributed by atoms with Crippen LogP contribution in [-0.4, -0.2) is 48.5 Å². The summed E-state index contributed by atoms with van der Waals surface area (Å²) < 4.78 is 11.2. The number of likely N-dealkylation sites (N-methyl/N-ethyl adjacent to an activating group) is 1. The van der Waals surface area contributed by atoms with Crippen molar-refractivity contribution in [2.45, 2.75) is 13.2 Å². The molecule has 2 aromatic carbocycles. The van der Waals surface area contributed by atoms with E-state index in [-0.39, 0.29) is 19.1 Å². The number of anilines is 3. The number of amides is 1. The summed E-state index contributed by atoms with van der Waals surface area (Å²) in [6, 6.07) is 16.7. The van der Waals surface area contributed by atoms with Gasteiger partial charge in [0.2, 0.25) is 5.91 Å². The topological polar surface area (TPSA) is 112 Å². The summed E-state index contributed by atoms with van der Waals surface area (Å²) in [6.07, 6.45) is 6.48. The first-order chi connectivity index (χ1) is 19.4. The van der Waals surface area contributed by atoms with Gasteiger partial charge in [-0.2, -0.15) is 5.26 Å². The minimum atomic E-state index is -0.273. The van der Waals surface area contributed by atoms with E-state index >= 15 is 0 Å². The molecule has 0 saturated carbocycles.